The number of rotatable bonds is 3. The summed E-state index contributed by atoms with van der Waals surface area (Å²) < 4.78 is 2.10. The molecule has 1 heterocycles. The van der Waals surface area contributed by atoms with E-state index in [4.69, 9.17) is 0 Å². The molecule has 0 saturated heterocycles. The van der Waals surface area contributed by atoms with Gasteiger partial charge in [-0.25, -0.2) is 9.78 Å². The van der Waals surface area contributed by atoms with E-state index in [-0.39, 0.29) is 18.1 Å². The molecule has 5 heteroatoms. The van der Waals surface area contributed by atoms with Crippen molar-refractivity contribution in [1.29, 1.82) is 0 Å². The zero-order valence-corrected chi connectivity index (χ0v) is 15.6. The van der Waals surface area contributed by atoms with Crippen molar-refractivity contribution in [3.8, 4) is 0 Å². The highest BCUT2D eigenvalue weighted by molar-refractivity contribution is 5.90. The van der Waals surface area contributed by atoms with Crippen LogP contribution in [0.25, 0.3) is 0 Å². The first-order valence-corrected chi connectivity index (χ1v) is 9.32. The van der Waals surface area contributed by atoms with E-state index >= 15 is 0 Å². The van der Waals surface area contributed by atoms with E-state index in [1.165, 1.54) is 11.1 Å². The van der Waals surface area contributed by atoms with Crippen LogP contribution in [0.15, 0.2) is 61.2 Å². The Hall–Kier alpha value is -3.08. The van der Waals surface area contributed by atoms with Gasteiger partial charge in [-0.1, -0.05) is 36.4 Å². The summed E-state index contributed by atoms with van der Waals surface area (Å²) in [7, 11) is 0. The van der Waals surface area contributed by atoms with Gasteiger partial charge >= 0.3 is 6.03 Å². The van der Waals surface area contributed by atoms with Gasteiger partial charge in [-0.3, -0.25) is 0 Å². The zero-order valence-electron chi connectivity index (χ0n) is 15.6. The van der Waals surface area contributed by atoms with Gasteiger partial charge < -0.3 is 15.2 Å². The quantitative estimate of drug-likeness (QED) is 0.720. The molecule has 1 aromatic heterocycles. The highest BCUT2D eigenvalue weighted by Crippen LogP contribution is 2.37. The van der Waals surface area contributed by atoms with Crippen LogP contribution in [0.3, 0.4) is 0 Å². The van der Waals surface area contributed by atoms with Crippen LogP contribution in [0, 0.1) is 13.8 Å². The number of aryl methyl sites for hydroxylation is 2. The lowest BCUT2D eigenvalue weighted by atomic mass is 9.84. The number of nitrogens with zero attached hydrogens (tertiary/aromatic N) is 2. The van der Waals surface area contributed by atoms with Crippen LogP contribution in [-0.2, 0) is 6.42 Å². The van der Waals surface area contributed by atoms with Gasteiger partial charge in [-0.05, 0) is 55.0 Å². The second kappa shape index (κ2) is 7.27. The van der Waals surface area contributed by atoms with E-state index in [2.05, 4.69) is 38.4 Å². The summed E-state index contributed by atoms with van der Waals surface area (Å²) >= 11 is 0. The number of benzene rings is 2. The zero-order chi connectivity index (χ0) is 18.8. The molecule has 0 aliphatic heterocycles. The molecule has 2 atom stereocenters. The summed E-state index contributed by atoms with van der Waals surface area (Å²) in [5.74, 6) is 0. The van der Waals surface area contributed by atoms with Gasteiger partial charge in [0.25, 0.3) is 0 Å². The molecule has 2 aromatic carbocycles. The molecule has 138 valence electrons. The molecule has 27 heavy (non-hydrogen) atoms. The smallest absolute Gasteiger partial charge is 0.319 e. The van der Waals surface area contributed by atoms with E-state index in [0.29, 0.717) is 0 Å². The van der Waals surface area contributed by atoms with Crippen molar-refractivity contribution in [2.45, 2.75) is 38.8 Å². The number of aromatic nitrogens is 2. The van der Waals surface area contributed by atoms with Crippen LogP contribution in [-0.4, -0.2) is 15.6 Å². The lowest BCUT2D eigenvalue weighted by Gasteiger charge is -2.35. The number of fused-ring (bicyclic) bond motifs is 1. The van der Waals surface area contributed by atoms with Crippen molar-refractivity contribution in [2.75, 3.05) is 5.32 Å². The molecule has 1 aliphatic carbocycles. The van der Waals surface area contributed by atoms with Gasteiger partial charge in [0.1, 0.15) is 0 Å². The minimum absolute atomic E-state index is 0.103. The first kappa shape index (κ1) is 17.3. The largest absolute Gasteiger partial charge is 0.332 e. The fourth-order valence-corrected chi connectivity index (χ4v) is 3.89. The average Bonchev–Trinajstić information content (AvgIpc) is 3.20. The number of hydrogen-bond acceptors (Lipinski definition) is 2. The third kappa shape index (κ3) is 3.45. The molecule has 0 saturated carbocycles. The number of hydrogen-bond donors (Lipinski definition) is 2. The van der Waals surface area contributed by atoms with Crippen molar-refractivity contribution in [3.05, 3.63) is 83.4 Å². The molecule has 4 rings (SSSR count). The van der Waals surface area contributed by atoms with Gasteiger partial charge in [0.05, 0.1) is 18.4 Å². The van der Waals surface area contributed by atoms with E-state index < -0.39 is 0 Å². The maximum atomic E-state index is 12.8. The SMILES string of the molecule is Cc1cccc(NC(=O)N[C@H]2c3ccccc3CC[C@H]2n2ccnc2)c1C. The third-order valence-corrected chi connectivity index (χ3v) is 5.53. The number of imidazole rings is 1. The van der Waals surface area contributed by atoms with Crippen molar-refractivity contribution >= 4 is 11.7 Å². The maximum Gasteiger partial charge on any atom is 0.319 e. The van der Waals surface area contributed by atoms with Crippen molar-refractivity contribution < 1.29 is 4.79 Å². The van der Waals surface area contributed by atoms with Crippen molar-refractivity contribution in [2.24, 2.45) is 0 Å². The molecular weight excluding hydrogens is 336 g/mol. The molecule has 2 amide bonds. The Morgan fingerprint density at radius 3 is 2.81 bits per heavy atom. The predicted molar refractivity (Wildman–Crippen MR) is 107 cm³/mol. The van der Waals surface area contributed by atoms with Crippen LogP contribution in [0.4, 0.5) is 10.5 Å². The van der Waals surface area contributed by atoms with E-state index in [1.807, 2.05) is 50.6 Å². The molecule has 0 fully saturated rings. The van der Waals surface area contributed by atoms with Crippen LogP contribution < -0.4 is 10.6 Å². The second-order valence-electron chi connectivity index (χ2n) is 7.14. The molecule has 5 nitrogen and oxygen atoms in total. The summed E-state index contributed by atoms with van der Waals surface area (Å²) in [6, 6.07) is 14.2. The fraction of sp³-hybridized carbons (Fsp3) is 0.273. The van der Waals surface area contributed by atoms with E-state index in [0.717, 1.165) is 29.7 Å². The Balaban J connectivity index is 1.60. The number of nitrogens with one attached hydrogen (secondary N) is 2. The lowest BCUT2D eigenvalue weighted by molar-refractivity contribution is 0.239. The number of amides is 2. The Morgan fingerprint density at radius 2 is 2.00 bits per heavy atom. The minimum atomic E-state index is -0.185. The van der Waals surface area contributed by atoms with Gasteiger partial charge in [-0.15, -0.1) is 0 Å². The summed E-state index contributed by atoms with van der Waals surface area (Å²) in [6.07, 6.45) is 7.54. The summed E-state index contributed by atoms with van der Waals surface area (Å²) in [5, 5.41) is 6.23. The van der Waals surface area contributed by atoms with Gasteiger partial charge in [0, 0.05) is 18.1 Å². The number of urea groups is 1. The van der Waals surface area contributed by atoms with Crippen molar-refractivity contribution in [1.82, 2.24) is 14.9 Å². The predicted octanol–water partition coefficient (Wildman–Crippen LogP) is 4.55. The Kier molecular flexibility index (Phi) is 4.67. The standard InChI is InChI=1S/C22H24N4O/c1-15-6-5-9-19(16(15)2)24-22(27)25-21-18-8-4-3-7-17(18)10-11-20(21)26-13-12-23-14-26/h3-9,12-14,20-21H,10-11H2,1-2H3,(H2,24,25,27)/t20-,21+/m1/s1. The first-order valence-electron chi connectivity index (χ1n) is 9.32. The molecule has 0 unspecified atom stereocenters. The molecule has 1 aliphatic rings. The fourth-order valence-electron chi connectivity index (χ4n) is 3.89. The Morgan fingerprint density at radius 1 is 1.15 bits per heavy atom. The second-order valence-corrected chi connectivity index (χ2v) is 7.14. The van der Waals surface area contributed by atoms with Gasteiger partial charge in [0.15, 0.2) is 0 Å². The number of carbonyl (C=O) groups excluding carboxylic acids is 1. The lowest BCUT2D eigenvalue weighted by Crippen LogP contribution is -2.39. The first-order chi connectivity index (χ1) is 13.1. The minimum Gasteiger partial charge on any atom is -0.332 e. The van der Waals surface area contributed by atoms with Crippen LogP contribution >= 0.6 is 0 Å². The maximum absolute atomic E-state index is 12.8. The van der Waals surface area contributed by atoms with Crippen LogP contribution in [0.2, 0.25) is 0 Å². The summed E-state index contributed by atoms with van der Waals surface area (Å²) in [5.41, 5.74) is 5.56. The third-order valence-electron chi connectivity index (χ3n) is 5.53. The van der Waals surface area contributed by atoms with Crippen molar-refractivity contribution in [3.63, 3.8) is 0 Å². The monoisotopic (exact) mass is 360 g/mol. The highest BCUT2D eigenvalue weighted by atomic mass is 16.2. The molecule has 0 spiro atoms. The Labute approximate surface area is 159 Å². The van der Waals surface area contributed by atoms with Crippen LogP contribution in [0.1, 0.15) is 40.8 Å². The summed E-state index contributed by atoms with van der Waals surface area (Å²) in [4.78, 5) is 17.0. The van der Waals surface area contributed by atoms with E-state index in [9.17, 15) is 4.79 Å². The Bertz CT molecular complexity index is 949. The van der Waals surface area contributed by atoms with Gasteiger partial charge in [-0.2, -0.15) is 0 Å². The highest BCUT2D eigenvalue weighted by Gasteiger charge is 2.31. The molecule has 2 N–H and O–H groups in total. The molecular formula is C22H24N4O. The average molecular weight is 360 g/mol. The normalized spacial score (nSPS) is 18.6. The van der Waals surface area contributed by atoms with Gasteiger partial charge in [0.2, 0.25) is 0 Å². The molecule has 0 radical (unpaired) electrons. The number of anilines is 1. The topological polar surface area (TPSA) is 59.0 Å². The summed E-state index contributed by atoms with van der Waals surface area (Å²) in [6.45, 7) is 4.07. The number of carbonyl (C=O) groups is 1. The van der Waals surface area contributed by atoms with E-state index in [1.54, 1.807) is 6.20 Å². The van der Waals surface area contributed by atoms with Crippen LogP contribution in [0.5, 0.6) is 0 Å². The molecule has 3 aromatic rings. The molecule has 0 bridgehead atoms.